The molecule has 0 aliphatic heterocycles. The molecule has 0 saturated carbocycles. The standard InChI is InChI=1S/C13H13ClN4O2S/c1-7-3-4-9(5-10(7)14)15-11(19)6-21-12-8(2)17-18-13(20)16-12/h3-5H,6H2,1-2H3,(H,15,19)(H,16,18,20). The van der Waals surface area contributed by atoms with Gasteiger partial charge >= 0.3 is 5.69 Å². The normalized spacial score (nSPS) is 10.4. The number of benzene rings is 1. The molecule has 0 bridgehead atoms. The fourth-order valence-corrected chi connectivity index (χ4v) is 2.44. The Kier molecular flexibility index (Phi) is 4.98. The summed E-state index contributed by atoms with van der Waals surface area (Å²) in [5.41, 5.74) is 1.61. The van der Waals surface area contributed by atoms with Crippen LogP contribution in [0.5, 0.6) is 0 Å². The number of aromatic amines is 1. The summed E-state index contributed by atoms with van der Waals surface area (Å²) in [6.07, 6.45) is 0. The number of hydrogen-bond acceptors (Lipinski definition) is 5. The van der Waals surface area contributed by atoms with E-state index < -0.39 is 5.69 Å². The number of nitrogens with one attached hydrogen (secondary N) is 2. The van der Waals surface area contributed by atoms with Crippen molar-refractivity contribution in [2.75, 3.05) is 11.1 Å². The predicted octanol–water partition coefficient (Wildman–Crippen LogP) is 2.17. The highest BCUT2D eigenvalue weighted by molar-refractivity contribution is 8.00. The third-order valence-electron chi connectivity index (χ3n) is 2.63. The van der Waals surface area contributed by atoms with Gasteiger partial charge in [-0.25, -0.2) is 9.89 Å². The lowest BCUT2D eigenvalue weighted by molar-refractivity contribution is -0.113. The van der Waals surface area contributed by atoms with Crippen LogP contribution < -0.4 is 11.0 Å². The van der Waals surface area contributed by atoms with Gasteiger partial charge in [-0.05, 0) is 31.5 Å². The molecule has 6 nitrogen and oxygen atoms in total. The number of H-pyrrole nitrogens is 1. The summed E-state index contributed by atoms with van der Waals surface area (Å²) in [7, 11) is 0. The van der Waals surface area contributed by atoms with Gasteiger partial charge < -0.3 is 5.32 Å². The Balaban J connectivity index is 1.97. The van der Waals surface area contributed by atoms with Gasteiger partial charge in [0.1, 0.15) is 5.03 Å². The SMILES string of the molecule is Cc1ccc(NC(=O)CSc2nc(=O)[nH]nc2C)cc1Cl. The fraction of sp³-hybridized carbons (Fsp3) is 0.231. The van der Waals surface area contributed by atoms with Crippen molar-refractivity contribution in [2.45, 2.75) is 18.9 Å². The van der Waals surface area contributed by atoms with Crippen molar-refractivity contribution in [3.05, 3.63) is 45.0 Å². The van der Waals surface area contributed by atoms with Crippen LogP contribution in [0, 0.1) is 13.8 Å². The monoisotopic (exact) mass is 324 g/mol. The van der Waals surface area contributed by atoms with E-state index in [4.69, 9.17) is 11.6 Å². The summed E-state index contributed by atoms with van der Waals surface area (Å²) < 4.78 is 0. The van der Waals surface area contributed by atoms with Crippen molar-refractivity contribution in [3.8, 4) is 0 Å². The second-order valence-electron chi connectivity index (χ2n) is 4.33. The maximum Gasteiger partial charge on any atom is 0.362 e. The smallest absolute Gasteiger partial charge is 0.325 e. The van der Waals surface area contributed by atoms with Gasteiger partial charge in [-0.3, -0.25) is 4.79 Å². The zero-order valence-electron chi connectivity index (χ0n) is 11.4. The molecule has 1 aromatic carbocycles. The Morgan fingerprint density at radius 3 is 2.90 bits per heavy atom. The highest BCUT2D eigenvalue weighted by Crippen LogP contribution is 2.21. The van der Waals surface area contributed by atoms with E-state index in [9.17, 15) is 9.59 Å². The molecule has 110 valence electrons. The van der Waals surface area contributed by atoms with Gasteiger partial charge in [0.25, 0.3) is 0 Å². The quantitative estimate of drug-likeness (QED) is 0.841. The van der Waals surface area contributed by atoms with Crippen LogP contribution in [0.25, 0.3) is 0 Å². The van der Waals surface area contributed by atoms with E-state index in [0.717, 1.165) is 17.3 Å². The van der Waals surface area contributed by atoms with Crippen LogP contribution in [-0.2, 0) is 4.79 Å². The molecule has 0 unspecified atom stereocenters. The van der Waals surface area contributed by atoms with E-state index in [1.165, 1.54) is 0 Å². The number of carbonyl (C=O) groups is 1. The molecule has 0 spiro atoms. The van der Waals surface area contributed by atoms with Gasteiger partial charge in [0.05, 0.1) is 11.4 Å². The number of thioether (sulfide) groups is 1. The first-order valence-corrected chi connectivity index (χ1v) is 7.44. The van der Waals surface area contributed by atoms with Crippen molar-refractivity contribution in [1.29, 1.82) is 0 Å². The average molecular weight is 325 g/mol. The zero-order chi connectivity index (χ0) is 15.4. The molecular weight excluding hydrogens is 312 g/mol. The van der Waals surface area contributed by atoms with Crippen molar-refractivity contribution in [1.82, 2.24) is 15.2 Å². The van der Waals surface area contributed by atoms with Gasteiger partial charge in [-0.1, -0.05) is 29.4 Å². The summed E-state index contributed by atoms with van der Waals surface area (Å²) in [4.78, 5) is 26.7. The molecule has 21 heavy (non-hydrogen) atoms. The number of nitrogens with zero attached hydrogens (tertiary/aromatic N) is 2. The Hall–Kier alpha value is -1.86. The van der Waals surface area contributed by atoms with Crippen LogP contribution in [0.3, 0.4) is 0 Å². The number of aromatic nitrogens is 3. The number of amides is 1. The lowest BCUT2D eigenvalue weighted by Gasteiger charge is -2.07. The highest BCUT2D eigenvalue weighted by Gasteiger charge is 2.08. The number of halogens is 1. The topological polar surface area (TPSA) is 87.7 Å². The first-order valence-electron chi connectivity index (χ1n) is 6.08. The lowest BCUT2D eigenvalue weighted by Crippen LogP contribution is -2.17. The Morgan fingerprint density at radius 2 is 2.19 bits per heavy atom. The van der Waals surface area contributed by atoms with Crippen LogP contribution in [-0.4, -0.2) is 26.8 Å². The summed E-state index contributed by atoms with van der Waals surface area (Å²) in [5, 5.41) is 9.80. The van der Waals surface area contributed by atoms with E-state index in [0.29, 0.717) is 21.4 Å². The summed E-state index contributed by atoms with van der Waals surface area (Å²) in [6, 6.07) is 5.30. The average Bonchev–Trinajstić information content (AvgIpc) is 2.44. The van der Waals surface area contributed by atoms with E-state index in [1.807, 2.05) is 13.0 Å². The summed E-state index contributed by atoms with van der Waals surface area (Å²) in [5.74, 6) is -0.0776. The third-order valence-corrected chi connectivity index (χ3v) is 4.10. The molecule has 0 aliphatic rings. The number of aryl methyl sites for hydroxylation is 2. The van der Waals surface area contributed by atoms with Crippen LogP contribution >= 0.6 is 23.4 Å². The van der Waals surface area contributed by atoms with Crippen molar-refractivity contribution < 1.29 is 4.79 Å². The minimum Gasteiger partial charge on any atom is -0.325 e. The Labute approximate surface area is 130 Å². The highest BCUT2D eigenvalue weighted by atomic mass is 35.5. The fourth-order valence-electron chi connectivity index (χ4n) is 1.52. The van der Waals surface area contributed by atoms with Gasteiger partial charge in [-0.15, -0.1) is 0 Å². The second-order valence-corrected chi connectivity index (χ2v) is 5.70. The van der Waals surface area contributed by atoms with Crippen LogP contribution in [0.4, 0.5) is 5.69 Å². The van der Waals surface area contributed by atoms with Gasteiger partial charge in [0.2, 0.25) is 5.91 Å². The van der Waals surface area contributed by atoms with Crippen molar-refractivity contribution in [3.63, 3.8) is 0 Å². The predicted molar refractivity (Wildman–Crippen MR) is 82.9 cm³/mol. The molecule has 1 amide bonds. The molecule has 0 aliphatic carbocycles. The lowest BCUT2D eigenvalue weighted by atomic mass is 10.2. The summed E-state index contributed by atoms with van der Waals surface area (Å²) in [6.45, 7) is 3.60. The van der Waals surface area contributed by atoms with E-state index >= 15 is 0 Å². The van der Waals surface area contributed by atoms with E-state index in [-0.39, 0.29) is 11.7 Å². The minimum atomic E-state index is -0.533. The number of anilines is 1. The number of carbonyl (C=O) groups excluding carboxylic acids is 1. The molecule has 0 fully saturated rings. The van der Waals surface area contributed by atoms with E-state index in [1.54, 1.807) is 19.1 Å². The largest absolute Gasteiger partial charge is 0.362 e. The van der Waals surface area contributed by atoms with Crippen molar-refractivity contribution >= 4 is 35.0 Å². The summed E-state index contributed by atoms with van der Waals surface area (Å²) >= 11 is 7.15. The third kappa shape index (κ3) is 4.30. The van der Waals surface area contributed by atoms with Crippen LogP contribution in [0.1, 0.15) is 11.3 Å². The van der Waals surface area contributed by atoms with Crippen LogP contribution in [0.2, 0.25) is 5.02 Å². The molecule has 0 atom stereocenters. The Bertz CT molecular complexity index is 732. The zero-order valence-corrected chi connectivity index (χ0v) is 13.0. The molecule has 0 radical (unpaired) electrons. The maximum atomic E-state index is 11.9. The van der Waals surface area contributed by atoms with Gasteiger partial charge in [0, 0.05) is 10.7 Å². The van der Waals surface area contributed by atoms with E-state index in [2.05, 4.69) is 20.5 Å². The van der Waals surface area contributed by atoms with Crippen LogP contribution in [0.15, 0.2) is 28.0 Å². The molecule has 2 N–H and O–H groups in total. The molecule has 2 rings (SSSR count). The molecular formula is C13H13ClN4O2S. The minimum absolute atomic E-state index is 0.129. The van der Waals surface area contributed by atoms with Gasteiger partial charge in [0.15, 0.2) is 0 Å². The Morgan fingerprint density at radius 1 is 1.43 bits per heavy atom. The molecule has 1 aromatic heterocycles. The number of rotatable bonds is 4. The first kappa shape index (κ1) is 15.5. The second kappa shape index (κ2) is 6.73. The molecule has 1 heterocycles. The molecule has 8 heteroatoms. The van der Waals surface area contributed by atoms with Gasteiger partial charge in [-0.2, -0.15) is 10.1 Å². The molecule has 0 saturated heterocycles. The number of hydrogen-bond donors (Lipinski definition) is 2. The first-order chi connectivity index (χ1) is 9.95. The maximum absolute atomic E-state index is 11.9. The molecule has 2 aromatic rings. The van der Waals surface area contributed by atoms with Crippen molar-refractivity contribution in [2.24, 2.45) is 0 Å².